The second kappa shape index (κ2) is 8.75. The Morgan fingerprint density at radius 1 is 0.793 bits per heavy atom. The fraction of sp³-hybridized carbons (Fsp3) is 0.0476. The molecule has 7 nitrogen and oxygen atoms in total. The number of carbonyl (C=O) groups excluding carboxylic acids is 3. The molecule has 2 aromatic carbocycles. The molecule has 0 atom stereocenters. The van der Waals surface area contributed by atoms with Gasteiger partial charge in [0.1, 0.15) is 11.5 Å². The van der Waals surface area contributed by atoms with Crippen LogP contribution in [0, 0.1) is 5.82 Å². The lowest BCUT2D eigenvalue weighted by Crippen LogP contribution is -2.17. The summed E-state index contributed by atoms with van der Waals surface area (Å²) in [7, 11) is 0. The number of carbonyl (C=O) groups is 3. The van der Waals surface area contributed by atoms with Gasteiger partial charge in [-0.1, -0.05) is 6.07 Å². The molecule has 0 radical (unpaired) electrons. The summed E-state index contributed by atoms with van der Waals surface area (Å²) in [5.74, 6) is -1.66. The van der Waals surface area contributed by atoms with Crippen molar-refractivity contribution in [3.05, 3.63) is 83.9 Å². The number of hydrogen-bond donors (Lipinski definition) is 3. The van der Waals surface area contributed by atoms with E-state index in [1.165, 1.54) is 43.5 Å². The molecule has 3 N–H and O–H groups in total. The van der Waals surface area contributed by atoms with Crippen molar-refractivity contribution < 1.29 is 18.8 Å². The molecule has 0 aliphatic rings. The molecule has 0 spiro atoms. The van der Waals surface area contributed by atoms with E-state index in [1.54, 1.807) is 30.3 Å². The summed E-state index contributed by atoms with van der Waals surface area (Å²) in [6, 6.07) is 14.8. The molecule has 29 heavy (non-hydrogen) atoms. The van der Waals surface area contributed by atoms with Crippen LogP contribution in [-0.4, -0.2) is 22.7 Å². The number of rotatable bonds is 5. The van der Waals surface area contributed by atoms with Gasteiger partial charge in [-0.25, -0.2) is 4.39 Å². The molecule has 0 unspecified atom stereocenters. The van der Waals surface area contributed by atoms with Gasteiger partial charge in [-0.15, -0.1) is 0 Å². The van der Waals surface area contributed by atoms with Gasteiger partial charge in [0, 0.05) is 35.7 Å². The smallest absolute Gasteiger partial charge is 0.274 e. The van der Waals surface area contributed by atoms with Crippen molar-refractivity contribution in [3.63, 3.8) is 0 Å². The Morgan fingerprint density at radius 3 is 2.10 bits per heavy atom. The van der Waals surface area contributed by atoms with Crippen LogP contribution < -0.4 is 16.0 Å². The summed E-state index contributed by atoms with van der Waals surface area (Å²) in [4.78, 5) is 39.8. The maximum absolute atomic E-state index is 13.2. The van der Waals surface area contributed by atoms with Crippen LogP contribution >= 0.6 is 0 Å². The van der Waals surface area contributed by atoms with Crippen LogP contribution in [0.15, 0.2) is 66.9 Å². The minimum atomic E-state index is -0.502. The van der Waals surface area contributed by atoms with Gasteiger partial charge < -0.3 is 16.0 Å². The standard InChI is InChI=1S/C21H17FN4O3/c1-13(27)24-16-5-7-17(8-6-16)25-21(29)19-11-14(9-10-23-19)20(28)26-18-4-2-3-15(22)12-18/h2-12H,1H3,(H,24,27)(H,25,29)(H,26,28). The Morgan fingerprint density at radius 2 is 1.45 bits per heavy atom. The first kappa shape index (κ1) is 19.7. The first-order chi connectivity index (χ1) is 13.9. The first-order valence-corrected chi connectivity index (χ1v) is 8.63. The molecular formula is C21H17FN4O3. The van der Waals surface area contributed by atoms with E-state index in [0.29, 0.717) is 17.1 Å². The van der Waals surface area contributed by atoms with Gasteiger partial charge in [-0.05, 0) is 54.6 Å². The molecule has 3 amide bonds. The van der Waals surface area contributed by atoms with E-state index in [0.717, 1.165) is 0 Å². The van der Waals surface area contributed by atoms with E-state index < -0.39 is 17.6 Å². The van der Waals surface area contributed by atoms with Crippen LogP contribution in [0.25, 0.3) is 0 Å². The number of hydrogen-bond acceptors (Lipinski definition) is 4. The topological polar surface area (TPSA) is 100 Å². The summed E-state index contributed by atoms with van der Waals surface area (Å²) in [5.41, 5.74) is 1.65. The van der Waals surface area contributed by atoms with Gasteiger partial charge in [0.05, 0.1) is 0 Å². The zero-order chi connectivity index (χ0) is 20.8. The monoisotopic (exact) mass is 392 g/mol. The van der Waals surface area contributed by atoms with E-state index in [9.17, 15) is 18.8 Å². The van der Waals surface area contributed by atoms with Crippen molar-refractivity contribution in [2.45, 2.75) is 6.92 Å². The number of anilines is 3. The second-order valence-corrected chi connectivity index (χ2v) is 6.11. The second-order valence-electron chi connectivity index (χ2n) is 6.11. The maximum Gasteiger partial charge on any atom is 0.274 e. The number of nitrogens with one attached hydrogen (secondary N) is 3. The van der Waals surface area contributed by atoms with Gasteiger partial charge in [-0.2, -0.15) is 0 Å². The lowest BCUT2D eigenvalue weighted by Gasteiger charge is -2.08. The number of aromatic nitrogens is 1. The van der Waals surface area contributed by atoms with Crippen molar-refractivity contribution in [1.29, 1.82) is 0 Å². The van der Waals surface area contributed by atoms with Gasteiger partial charge in [-0.3, -0.25) is 19.4 Å². The fourth-order valence-electron chi connectivity index (χ4n) is 2.50. The van der Waals surface area contributed by atoms with Crippen LogP contribution in [0.5, 0.6) is 0 Å². The zero-order valence-electron chi connectivity index (χ0n) is 15.4. The molecule has 1 heterocycles. The fourth-order valence-corrected chi connectivity index (χ4v) is 2.50. The van der Waals surface area contributed by atoms with E-state index in [4.69, 9.17) is 0 Å². The molecule has 146 valence electrons. The Kier molecular flexibility index (Phi) is 5.94. The molecule has 3 rings (SSSR count). The predicted octanol–water partition coefficient (Wildman–Crippen LogP) is 3.68. The Labute approximate surface area is 166 Å². The Hall–Kier alpha value is -4.07. The lowest BCUT2D eigenvalue weighted by molar-refractivity contribution is -0.114. The third-order valence-corrected chi connectivity index (χ3v) is 3.80. The van der Waals surface area contributed by atoms with E-state index in [2.05, 4.69) is 20.9 Å². The third kappa shape index (κ3) is 5.46. The number of benzene rings is 2. The summed E-state index contributed by atoms with van der Waals surface area (Å²) < 4.78 is 13.2. The van der Waals surface area contributed by atoms with Crippen LogP contribution in [0.4, 0.5) is 21.5 Å². The van der Waals surface area contributed by atoms with Crippen molar-refractivity contribution >= 4 is 34.8 Å². The van der Waals surface area contributed by atoms with Crippen molar-refractivity contribution in [2.24, 2.45) is 0 Å². The molecule has 0 aliphatic carbocycles. The highest BCUT2D eigenvalue weighted by molar-refractivity contribution is 6.07. The first-order valence-electron chi connectivity index (χ1n) is 8.63. The number of amides is 3. The number of halogens is 1. The average Bonchev–Trinajstić information content (AvgIpc) is 2.69. The number of nitrogens with zero attached hydrogens (tertiary/aromatic N) is 1. The van der Waals surface area contributed by atoms with Gasteiger partial charge in [0.25, 0.3) is 11.8 Å². The highest BCUT2D eigenvalue weighted by Crippen LogP contribution is 2.15. The minimum Gasteiger partial charge on any atom is -0.326 e. The van der Waals surface area contributed by atoms with Gasteiger partial charge >= 0.3 is 0 Å². The predicted molar refractivity (Wildman–Crippen MR) is 107 cm³/mol. The molecule has 0 saturated heterocycles. The molecule has 0 fully saturated rings. The summed E-state index contributed by atoms with van der Waals surface area (Å²) in [6.07, 6.45) is 1.34. The summed E-state index contributed by atoms with van der Waals surface area (Å²) in [5, 5.41) is 7.86. The van der Waals surface area contributed by atoms with Crippen LogP contribution in [0.2, 0.25) is 0 Å². The normalized spacial score (nSPS) is 10.1. The Bertz CT molecular complexity index is 1070. The van der Waals surface area contributed by atoms with Gasteiger partial charge in [0.2, 0.25) is 5.91 Å². The maximum atomic E-state index is 13.2. The quantitative estimate of drug-likeness (QED) is 0.617. The molecular weight excluding hydrogens is 375 g/mol. The minimum absolute atomic E-state index is 0.0443. The molecule has 0 saturated carbocycles. The molecule has 0 aliphatic heterocycles. The van der Waals surface area contributed by atoms with Crippen molar-refractivity contribution in [1.82, 2.24) is 4.98 Å². The molecule has 1 aromatic heterocycles. The summed E-state index contributed by atoms with van der Waals surface area (Å²) >= 11 is 0. The number of pyridine rings is 1. The van der Waals surface area contributed by atoms with E-state index >= 15 is 0 Å². The average molecular weight is 392 g/mol. The van der Waals surface area contributed by atoms with E-state index in [-0.39, 0.29) is 17.2 Å². The van der Waals surface area contributed by atoms with Crippen molar-refractivity contribution in [3.8, 4) is 0 Å². The molecule has 3 aromatic rings. The third-order valence-electron chi connectivity index (χ3n) is 3.80. The highest BCUT2D eigenvalue weighted by atomic mass is 19.1. The Balaban J connectivity index is 1.68. The van der Waals surface area contributed by atoms with Crippen LogP contribution in [-0.2, 0) is 4.79 Å². The zero-order valence-corrected chi connectivity index (χ0v) is 15.4. The molecule has 0 bridgehead atoms. The van der Waals surface area contributed by atoms with E-state index in [1.807, 2.05) is 0 Å². The van der Waals surface area contributed by atoms with Gasteiger partial charge in [0.15, 0.2) is 0 Å². The van der Waals surface area contributed by atoms with Crippen molar-refractivity contribution in [2.75, 3.05) is 16.0 Å². The SMILES string of the molecule is CC(=O)Nc1ccc(NC(=O)c2cc(C(=O)Nc3cccc(F)c3)ccn2)cc1. The molecule has 8 heteroatoms. The summed E-state index contributed by atoms with van der Waals surface area (Å²) in [6.45, 7) is 1.40. The van der Waals surface area contributed by atoms with Crippen LogP contribution in [0.1, 0.15) is 27.8 Å². The highest BCUT2D eigenvalue weighted by Gasteiger charge is 2.13. The largest absolute Gasteiger partial charge is 0.326 e. The van der Waals surface area contributed by atoms with Crippen LogP contribution in [0.3, 0.4) is 0 Å². The lowest BCUT2D eigenvalue weighted by atomic mass is 10.2.